The summed E-state index contributed by atoms with van der Waals surface area (Å²) < 4.78 is 13.0. The van der Waals surface area contributed by atoms with Crippen LogP contribution in [-0.2, 0) is 11.3 Å². The Morgan fingerprint density at radius 2 is 1.97 bits per heavy atom. The third-order valence-corrected chi connectivity index (χ3v) is 5.98. The van der Waals surface area contributed by atoms with E-state index in [1.54, 1.807) is 7.11 Å². The van der Waals surface area contributed by atoms with E-state index in [0.29, 0.717) is 11.8 Å². The molecule has 0 aliphatic carbocycles. The molecule has 0 unspecified atom stereocenters. The van der Waals surface area contributed by atoms with Crippen LogP contribution in [0.5, 0.6) is 5.88 Å². The molecule has 150 valence electrons. The van der Waals surface area contributed by atoms with Gasteiger partial charge < -0.3 is 19.0 Å². The normalized spacial score (nSPS) is 15.4. The van der Waals surface area contributed by atoms with Gasteiger partial charge in [-0.3, -0.25) is 0 Å². The zero-order chi connectivity index (χ0) is 20.0. The molecule has 5 rings (SSSR count). The third-order valence-electron chi connectivity index (χ3n) is 5.98. The largest absolute Gasteiger partial charge is 0.481 e. The summed E-state index contributed by atoms with van der Waals surface area (Å²) in [5.41, 5.74) is 6.64. The Morgan fingerprint density at radius 1 is 1.14 bits per heavy atom. The summed E-state index contributed by atoms with van der Waals surface area (Å²) in [6, 6.07) is 10.9. The molecule has 0 amide bonds. The van der Waals surface area contributed by atoms with Crippen LogP contribution < -0.4 is 4.74 Å². The van der Waals surface area contributed by atoms with E-state index in [0.717, 1.165) is 55.2 Å². The number of nitrogens with zero attached hydrogens (tertiary/aromatic N) is 3. The van der Waals surface area contributed by atoms with Crippen LogP contribution in [0.15, 0.2) is 30.3 Å². The smallest absolute Gasteiger partial charge is 0.215 e. The first-order chi connectivity index (χ1) is 14.1. The van der Waals surface area contributed by atoms with Crippen molar-refractivity contribution < 1.29 is 9.47 Å². The van der Waals surface area contributed by atoms with Crippen molar-refractivity contribution in [2.75, 3.05) is 20.3 Å². The van der Waals surface area contributed by atoms with Crippen molar-refractivity contribution in [2.45, 2.75) is 39.2 Å². The molecule has 29 heavy (non-hydrogen) atoms. The minimum atomic E-state index is 0.569. The topological polar surface area (TPSA) is 65.0 Å². The van der Waals surface area contributed by atoms with E-state index in [2.05, 4.69) is 38.8 Å². The second-order valence-corrected chi connectivity index (χ2v) is 7.93. The Balaban J connectivity index is 1.50. The number of ether oxygens (including phenoxy) is 2. The summed E-state index contributed by atoms with van der Waals surface area (Å²) in [5.74, 6) is 2.15. The zero-order valence-corrected chi connectivity index (χ0v) is 17.2. The fourth-order valence-electron chi connectivity index (χ4n) is 4.33. The second-order valence-electron chi connectivity index (χ2n) is 7.93. The quantitative estimate of drug-likeness (QED) is 0.558. The summed E-state index contributed by atoms with van der Waals surface area (Å²) in [7, 11) is 1.65. The highest BCUT2D eigenvalue weighted by atomic mass is 16.5. The summed E-state index contributed by atoms with van der Waals surface area (Å²) >= 11 is 0. The average molecular weight is 390 g/mol. The molecular weight excluding hydrogens is 364 g/mol. The molecule has 0 atom stereocenters. The summed E-state index contributed by atoms with van der Waals surface area (Å²) in [4.78, 5) is 13.0. The van der Waals surface area contributed by atoms with Gasteiger partial charge in [0.1, 0.15) is 11.3 Å². The Bertz CT molecular complexity index is 1180. The first-order valence-corrected chi connectivity index (χ1v) is 10.2. The van der Waals surface area contributed by atoms with Crippen molar-refractivity contribution in [3.63, 3.8) is 0 Å². The highest BCUT2D eigenvalue weighted by Crippen LogP contribution is 2.30. The summed E-state index contributed by atoms with van der Waals surface area (Å²) in [6.07, 6.45) is 2.18. The third kappa shape index (κ3) is 3.27. The number of imidazole rings is 1. The molecule has 4 aromatic rings. The molecule has 6 nitrogen and oxygen atoms in total. The zero-order valence-electron chi connectivity index (χ0n) is 17.2. The van der Waals surface area contributed by atoms with Gasteiger partial charge in [-0.2, -0.15) is 4.98 Å². The molecule has 0 spiro atoms. The van der Waals surface area contributed by atoms with Crippen molar-refractivity contribution in [3.05, 3.63) is 53.0 Å². The van der Waals surface area contributed by atoms with E-state index >= 15 is 0 Å². The lowest BCUT2D eigenvalue weighted by Gasteiger charge is -2.20. The number of methoxy groups -OCH3 is 1. The van der Waals surface area contributed by atoms with Gasteiger partial charge in [-0.1, -0.05) is 6.07 Å². The number of hydrogen-bond donors (Lipinski definition) is 1. The molecule has 0 bridgehead atoms. The standard InChI is InChI=1S/C23H26N4O2/c1-14-10-21(28-3)26-23-22(14)24-15(2)27(23)13-16-4-5-19-18(11-16)12-20(25-19)17-6-8-29-9-7-17/h4-5,10-12,17,25H,6-9,13H2,1-3H3. The number of aromatic nitrogens is 4. The minimum absolute atomic E-state index is 0.569. The van der Waals surface area contributed by atoms with Crippen molar-refractivity contribution in [3.8, 4) is 5.88 Å². The molecule has 6 heteroatoms. The maximum Gasteiger partial charge on any atom is 0.215 e. The Kier molecular flexibility index (Phi) is 4.51. The molecule has 1 aliphatic heterocycles. The van der Waals surface area contributed by atoms with Crippen molar-refractivity contribution in [1.29, 1.82) is 0 Å². The predicted octanol–water partition coefficient (Wildman–Crippen LogP) is 4.48. The van der Waals surface area contributed by atoms with Gasteiger partial charge in [-0.15, -0.1) is 0 Å². The van der Waals surface area contributed by atoms with Gasteiger partial charge in [0.15, 0.2) is 5.65 Å². The monoisotopic (exact) mass is 390 g/mol. The van der Waals surface area contributed by atoms with Crippen molar-refractivity contribution >= 4 is 22.1 Å². The number of benzene rings is 1. The fraction of sp³-hybridized carbons (Fsp3) is 0.391. The molecule has 0 radical (unpaired) electrons. The van der Waals surface area contributed by atoms with Gasteiger partial charge in [0, 0.05) is 36.4 Å². The maximum absolute atomic E-state index is 5.51. The SMILES string of the molecule is COc1cc(C)c2nc(C)n(Cc3ccc4[nH]c(C5CCOCC5)cc4c3)c2n1. The Morgan fingerprint density at radius 3 is 2.76 bits per heavy atom. The van der Waals surface area contributed by atoms with E-state index in [1.807, 2.05) is 19.9 Å². The van der Waals surface area contributed by atoms with Crippen LogP contribution in [0.25, 0.3) is 22.1 Å². The molecule has 1 fully saturated rings. The molecule has 1 aliphatic rings. The molecular formula is C23H26N4O2. The Labute approximate surface area is 169 Å². The van der Waals surface area contributed by atoms with E-state index in [4.69, 9.17) is 14.5 Å². The van der Waals surface area contributed by atoms with Crippen LogP contribution in [0.2, 0.25) is 0 Å². The minimum Gasteiger partial charge on any atom is -0.481 e. The summed E-state index contributed by atoms with van der Waals surface area (Å²) in [5, 5.41) is 1.26. The molecule has 1 saturated heterocycles. The van der Waals surface area contributed by atoms with Crippen LogP contribution in [0.4, 0.5) is 0 Å². The van der Waals surface area contributed by atoms with Crippen LogP contribution in [0.1, 0.15) is 41.4 Å². The summed E-state index contributed by atoms with van der Waals surface area (Å²) in [6.45, 7) is 6.52. The van der Waals surface area contributed by atoms with Gasteiger partial charge in [-0.05, 0) is 61.4 Å². The van der Waals surface area contributed by atoms with Crippen LogP contribution in [-0.4, -0.2) is 39.8 Å². The van der Waals surface area contributed by atoms with E-state index in [9.17, 15) is 0 Å². The first kappa shape index (κ1) is 18.2. The van der Waals surface area contributed by atoms with Gasteiger partial charge in [-0.25, -0.2) is 4.98 Å². The van der Waals surface area contributed by atoms with Crippen molar-refractivity contribution in [1.82, 2.24) is 19.5 Å². The number of hydrogen-bond acceptors (Lipinski definition) is 4. The predicted molar refractivity (Wildman–Crippen MR) is 114 cm³/mol. The number of rotatable bonds is 4. The number of pyridine rings is 1. The number of H-pyrrole nitrogens is 1. The van der Waals surface area contributed by atoms with Gasteiger partial charge in [0.05, 0.1) is 13.7 Å². The molecule has 3 aromatic heterocycles. The van der Waals surface area contributed by atoms with Crippen LogP contribution >= 0.6 is 0 Å². The number of aryl methyl sites for hydroxylation is 2. The van der Waals surface area contributed by atoms with Crippen LogP contribution in [0.3, 0.4) is 0 Å². The molecule has 1 aromatic carbocycles. The van der Waals surface area contributed by atoms with E-state index < -0.39 is 0 Å². The number of nitrogens with one attached hydrogen (secondary N) is 1. The van der Waals surface area contributed by atoms with Gasteiger partial charge >= 0.3 is 0 Å². The highest BCUT2D eigenvalue weighted by Gasteiger charge is 2.18. The molecule has 1 N–H and O–H groups in total. The van der Waals surface area contributed by atoms with Gasteiger partial charge in [0.2, 0.25) is 5.88 Å². The van der Waals surface area contributed by atoms with Crippen LogP contribution in [0, 0.1) is 13.8 Å². The lowest BCUT2D eigenvalue weighted by molar-refractivity contribution is 0.0846. The Hall–Kier alpha value is -2.86. The number of aromatic amines is 1. The fourth-order valence-corrected chi connectivity index (χ4v) is 4.33. The van der Waals surface area contributed by atoms with E-state index in [-0.39, 0.29) is 0 Å². The van der Waals surface area contributed by atoms with Crippen molar-refractivity contribution in [2.24, 2.45) is 0 Å². The van der Waals surface area contributed by atoms with Gasteiger partial charge in [0.25, 0.3) is 0 Å². The average Bonchev–Trinajstić information content (AvgIpc) is 3.30. The molecule has 4 heterocycles. The maximum atomic E-state index is 5.51. The highest BCUT2D eigenvalue weighted by molar-refractivity contribution is 5.81. The number of fused-ring (bicyclic) bond motifs is 2. The molecule has 0 saturated carbocycles. The lowest BCUT2D eigenvalue weighted by atomic mass is 9.96. The van der Waals surface area contributed by atoms with E-state index in [1.165, 1.54) is 22.2 Å². The second kappa shape index (κ2) is 7.19. The first-order valence-electron chi connectivity index (χ1n) is 10.2. The lowest BCUT2D eigenvalue weighted by Crippen LogP contribution is -2.14.